The van der Waals surface area contributed by atoms with Crippen molar-refractivity contribution in [3.8, 4) is 0 Å². The highest BCUT2D eigenvalue weighted by atomic mass is 32.2. The van der Waals surface area contributed by atoms with Crippen LogP contribution >= 0.6 is 0 Å². The molecule has 1 aliphatic carbocycles. The molecule has 0 unspecified atom stereocenters. The van der Waals surface area contributed by atoms with Gasteiger partial charge in [0.2, 0.25) is 5.91 Å². The van der Waals surface area contributed by atoms with Gasteiger partial charge in [-0.3, -0.25) is 4.79 Å². The van der Waals surface area contributed by atoms with Crippen LogP contribution in [0, 0.1) is 11.8 Å². The molecule has 1 N–H and O–H groups in total. The van der Waals surface area contributed by atoms with Crippen molar-refractivity contribution in [3.05, 3.63) is 0 Å². The van der Waals surface area contributed by atoms with Gasteiger partial charge in [0.15, 0.2) is 0 Å². The topological polar surface area (TPSA) is 79.0 Å². The molecule has 2 saturated heterocycles. The Morgan fingerprint density at radius 3 is 2.67 bits per heavy atom. The van der Waals surface area contributed by atoms with E-state index in [1.165, 1.54) is 35.5 Å². The number of hydrogen-bond donors (Lipinski definition) is 1. The van der Waals surface area contributed by atoms with E-state index < -0.39 is 10.2 Å². The first-order valence-corrected chi connectivity index (χ1v) is 8.88. The van der Waals surface area contributed by atoms with Crippen molar-refractivity contribution in [3.63, 3.8) is 0 Å². The van der Waals surface area contributed by atoms with E-state index >= 15 is 0 Å². The van der Waals surface area contributed by atoms with Gasteiger partial charge in [-0.05, 0) is 25.2 Å². The predicted octanol–water partition coefficient (Wildman–Crippen LogP) is -0.592. The Bertz CT molecular complexity index is 518. The van der Waals surface area contributed by atoms with Crippen LogP contribution < -0.4 is 5.32 Å². The van der Waals surface area contributed by atoms with Crippen LogP contribution in [-0.4, -0.2) is 68.9 Å². The lowest BCUT2D eigenvalue weighted by Crippen LogP contribution is -2.51. The van der Waals surface area contributed by atoms with E-state index in [0.717, 1.165) is 6.54 Å². The number of amides is 1. The molecule has 2 aliphatic heterocycles. The van der Waals surface area contributed by atoms with E-state index in [9.17, 15) is 13.2 Å². The second kappa shape index (κ2) is 5.49. The van der Waals surface area contributed by atoms with Gasteiger partial charge >= 0.3 is 0 Å². The van der Waals surface area contributed by atoms with Crippen LogP contribution in [-0.2, 0) is 19.7 Å². The third kappa shape index (κ3) is 3.08. The van der Waals surface area contributed by atoms with Crippen LogP contribution in [0.4, 0.5) is 0 Å². The Labute approximate surface area is 125 Å². The molecular weight excluding hydrogens is 294 g/mol. The maximum atomic E-state index is 12.2. The first-order valence-electron chi connectivity index (χ1n) is 7.48. The van der Waals surface area contributed by atoms with Gasteiger partial charge in [-0.1, -0.05) is 0 Å². The van der Waals surface area contributed by atoms with Crippen molar-refractivity contribution >= 4 is 16.1 Å². The quantitative estimate of drug-likeness (QED) is 0.735. The van der Waals surface area contributed by atoms with Crippen molar-refractivity contribution in [2.75, 3.05) is 33.7 Å². The Morgan fingerprint density at radius 1 is 1.33 bits per heavy atom. The first kappa shape index (κ1) is 15.2. The molecule has 0 radical (unpaired) electrons. The zero-order valence-electron chi connectivity index (χ0n) is 12.5. The summed E-state index contributed by atoms with van der Waals surface area (Å²) in [4.78, 5) is 12.2. The molecule has 3 rings (SSSR count). The summed E-state index contributed by atoms with van der Waals surface area (Å²) >= 11 is 0. The predicted molar refractivity (Wildman–Crippen MR) is 76.7 cm³/mol. The van der Waals surface area contributed by atoms with Crippen LogP contribution in [0.2, 0.25) is 0 Å². The van der Waals surface area contributed by atoms with E-state index in [-0.39, 0.29) is 30.6 Å². The molecule has 0 aromatic rings. The lowest BCUT2D eigenvalue weighted by molar-refractivity contribution is -0.127. The third-order valence-corrected chi connectivity index (χ3v) is 6.38. The van der Waals surface area contributed by atoms with Crippen molar-refractivity contribution in [2.45, 2.75) is 31.5 Å². The van der Waals surface area contributed by atoms with E-state index in [2.05, 4.69) is 5.32 Å². The maximum Gasteiger partial charge on any atom is 0.281 e. The molecule has 0 aromatic carbocycles. The zero-order chi connectivity index (χ0) is 15.2. The van der Waals surface area contributed by atoms with Crippen molar-refractivity contribution < 1.29 is 17.9 Å². The van der Waals surface area contributed by atoms with Crippen LogP contribution in [0.25, 0.3) is 0 Å². The first-order chi connectivity index (χ1) is 9.88. The lowest BCUT2D eigenvalue weighted by atomic mass is 9.99. The number of carbonyl (C=O) groups is 1. The van der Waals surface area contributed by atoms with E-state index in [1.54, 1.807) is 0 Å². The Kier molecular flexibility index (Phi) is 3.98. The fourth-order valence-electron chi connectivity index (χ4n) is 3.02. The average molecular weight is 317 g/mol. The number of hydrogen-bond acceptors (Lipinski definition) is 4. The Balaban J connectivity index is 1.63. The summed E-state index contributed by atoms with van der Waals surface area (Å²) in [5, 5.41) is 2.98. The summed E-state index contributed by atoms with van der Waals surface area (Å²) < 4.78 is 32.8. The summed E-state index contributed by atoms with van der Waals surface area (Å²) in [6.45, 7) is 1.34. The highest BCUT2D eigenvalue weighted by Crippen LogP contribution is 2.34. The van der Waals surface area contributed by atoms with Crippen molar-refractivity contribution in [1.29, 1.82) is 0 Å². The van der Waals surface area contributed by atoms with Gasteiger partial charge in [-0.25, -0.2) is 0 Å². The van der Waals surface area contributed by atoms with Gasteiger partial charge in [-0.15, -0.1) is 0 Å². The van der Waals surface area contributed by atoms with Gasteiger partial charge in [0.1, 0.15) is 0 Å². The number of rotatable bonds is 5. The van der Waals surface area contributed by atoms with Gasteiger partial charge in [0, 0.05) is 33.7 Å². The van der Waals surface area contributed by atoms with Crippen molar-refractivity contribution in [1.82, 2.24) is 13.9 Å². The fraction of sp³-hybridized carbons (Fsp3) is 0.923. The Hall–Kier alpha value is -0.700. The minimum absolute atomic E-state index is 0.0125. The molecule has 1 saturated carbocycles. The fourth-order valence-corrected chi connectivity index (χ4v) is 4.17. The van der Waals surface area contributed by atoms with Crippen molar-refractivity contribution in [2.24, 2.45) is 11.8 Å². The number of nitrogens with zero attached hydrogens (tertiary/aromatic N) is 2. The molecule has 21 heavy (non-hydrogen) atoms. The zero-order valence-corrected chi connectivity index (χ0v) is 13.3. The monoisotopic (exact) mass is 317 g/mol. The van der Waals surface area contributed by atoms with E-state index in [0.29, 0.717) is 18.9 Å². The van der Waals surface area contributed by atoms with Gasteiger partial charge < -0.3 is 10.1 Å². The molecule has 2 heterocycles. The molecule has 7 nitrogen and oxygen atoms in total. The van der Waals surface area contributed by atoms with Crippen LogP contribution in [0.15, 0.2) is 0 Å². The van der Waals surface area contributed by atoms with Gasteiger partial charge in [-0.2, -0.15) is 17.0 Å². The minimum atomic E-state index is -3.44. The summed E-state index contributed by atoms with van der Waals surface area (Å²) in [5.74, 6) is 0.427. The lowest BCUT2D eigenvalue weighted by Gasteiger charge is -2.33. The largest absolute Gasteiger partial charge is 0.371 e. The summed E-state index contributed by atoms with van der Waals surface area (Å²) in [6, 6.07) is 0. The Morgan fingerprint density at radius 2 is 2.05 bits per heavy atom. The SMILES string of the molecule is CN(C)S(=O)(=O)N1C[C@@H]2C[C@@H](C(=O)NCC3CC3)[C@H](C1)O2. The molecule has 0 spiro atoms. The molecule has 3 atom stereocenters. The van der Waals surface area contributed by atoms with Gasteiger partial charge in [0.25, 0.3) is 10.2 Å². The standard InChI is InChI=1S/C13H23N3O4S/c1-15(2)21(18,19)16-7-10-5-11(12(8-16)20-10)13(17)14-6-9-3-4-9/h9-12H,3-8H2,1-2H3,(H,14,17)/t10-,11+,12-/m0/s1. The molecule has 0 aromatic heterocycles. The molecule has 1 amide bonds. The van der Waals surface area contributed by atoms with Gasteiger partial charge in [0.05, 0.1) is 18.1 Å². The minimum Gasteiger partial charge on any atom is -0.371 e. The van der Waals surface area contributed by atoms with Crippen LogP contribution in [0.1, 0.15) is 19.3 Å². The smallest absolute Gasteiger partial charge is 0.281 e. The second-order valence-electron chi connectivity index (χ2n) is 6.43. The summed E-state index contributed by atoms with van der Waals surface area (Å²) in [7, 11) is -0.395. The van der Waals surface area contributed by atoms with E-state index in [1.807, 2.05) is 0 Å². The molecule has 3 aliphatic rings. The normalized spacial score (nSPS) is 33.4. The van der Waals surface area contributed by atoms with E-state index in [4.69, 9.17) is 4.74 Å². The van der Waals surface area contributed by atoms with Crippen LogP contribution in [0.3, 0.4) is 0 Å². The molecule has 8 heteroatoms. The summed E-state index contributed by atoms with van der Waals surface area (Å²) in [5.41, 5.74) is 0. The molecule has 120 valence electrons. The van der Waals surface area contributed by atoms with Crippen LogP contribution in [0.5, 0.6) is 0 Å². The maximum absolute atomic E-state index is 12.2. The molecule has 2 bridgehead atoms. The molecule has 3 fully saturated rings. The number of morpholine rings is 1. The number of carbonyl (C=O) groups excluding carboxylic acids is 1. The summed E-state index contributed by atoms with van der Waals surface area (Å²) in [6.07, 6.45) is 2.51. The number of nitrogens with one attached hydrogen (secondary N) is 1. The number of fused-ring (bicyclic) bond motifs is 2. The number of ether oxygens (including phenoxy) is 1. The second-order valence-corrected chi connectivity index (χ2v) is 8.58. The highest BCUT2D eigenvalue weighted by Gasteiger charge is 2.47. The molecular formula is C13H23N3O4S. The third-order valence-electron chi connectivity index (χ3n) is 4.51. The average Bonchev–Trinajstić information content (AvgIpc) is 3.21. The highest BCUT2D eigenvalue weighted by molar-refractivity contribution is 7.86.